The maximum atomic E-state index is 12.0. The Balaban J connectivity index is 2.91. The SMILES string of the molecule is Cc1cc(C)cc(C(=O)NC(C)(C)C(C)O)c1. The first-order valence-electron chi connectivity index (χ1n) is 5.81. The van der Waals surface area contributed by atoms with Crippen LogP contribution in [0.15, 0.2) is 18.2 Å². The third-order valence-corrected chi connectivity index (χ3v) is 2.96. The van der Waals surface area contributed by atoms with E-state index in [1.54, 1.807) is 20.8 Å². The van der Waals surface area contributed by atoms with Crippen LogP contribution in [-0.4, -0.2) is 22.7 Å². The van der Waals surface area contributed by atoms with Crippen LogP contribution in [0.5, 0.6) is 0 Å². The Bertz CT molecular complexity index is 402. The monoisotopic (exact) mass is 235 g/mol. The second kappa shape index (κ2) is 4.88. The number of nitrogens with one attached hydrogen (secondary N) is 1. The van der Waals surface area contributed by atoms with E-state index in [2.05, 4.69) is 5.32 Å². The first-order valence-corrected chi connectivity index (χ1v) is 5.81. The van der Waals surface area contributed by atoms with E-state index in [1.165, 1.54) is 0 Å². The highest BCUT2D eigenvalue weighted by Crippen LogP contribution is 2.13. The van der Waals surface area contributed by atoms with Crippen LogP contribution in [0, 0.1) is 13.8 Å². The number of carbonyl (C=O) groups excluding carboxylic acids is 1. The van der Waals surface area contributed by atoms with Crippen LogP contribution in [0.25, 0.3) is 0 Å². The number of aliphatic hydroxyl groups is 1. The summed E-state index contributed by atoms with van der Waals surface area (Å²) < 4.78 is 0. The molecular weight excluding hydrogens is 214 g/mol. The number of hydrogen-bond acceptors (Lipinski definition) is 2. The molecule has 2 N–H and O–H groups in total. The molecule has 1 aromatic rings. The molecule has 0 bridgehead atoms. The van der Waals surface area contributed by atoms with Crippen molar-refractivity contribution in [2.45, 2.75) is 46.3 Å². The molecule has 0 aliphatic heterocycles. The lowest BCUT2D eigenvalue weighted by Gasteiger charge is -2.29. The molecule has 0 saturated heterocycles. The van der Waals surface area contributed by atoms with Crippen LogP contribution >= 0.6 is 0 Å². The van der Waals surface area contributed by atoms with Gasteiger partial charge in [0.15, 0.2) is 0 Å². The van der Waals surface area contributed by atoms with Crippen LogP contribution in [0.3, 0.4) is 0 Å². The van der Waals surface area contributed by atoms with Crippen LogP contribution in [-0.2, 0) is 0 Å². The van der Waals surface area contributed by atoms with E-state index < -0.39 is 11.6 Å². The zero-order chi connectivity index (χ0) is 13.2. The van der Waals surface area contributed by atoms with E-state index in [1.807, 2.05) is 32.0 Å². The summed E-state index contributed by atoms with van der Waals surface area (Å²) in [6, 6.07) is 5.72. The fourth-order valence-electron chi connectivity index (χ4n) is 1.57. The zero-order valence-electron chi connectivity index (χ0n) is 11.2. The molecule has 0 spiro atoms. The van der Waals surface area contributed by atoms with Crippen molar-refractivity contribution < 1.29 is 9.90 Å². The van der Waals surface area contributed by atoms with Gasteiger partial charge in [-0.3, -0.25) is 4.79 Å². The second-order valence-electron chi connectivity index (χ2n) is 5.23. The van der Waals surface area contributed by atoms with E-state index in [9.17, 15) is 9.90 Å². The fraction of sp³-hybridized carbons (Fsp3) is 0.500. The molecule has 0 saturated carbocycles. The summed E-state index contributed by atoms with van der Waals surface area (Å²) in [4.78, 5) is 12.0. The van der Waals surface area contributed by atoms with Crippen molar-refractivity contribution >= 4 is 5.91 Å². The van der Waals surface area contributed by atoms with Gasteiger partial charge in [-0.1, -0.05) is 17.2 Å². The third-order valence-electron chi connectivity index (χ3n) is 2.96. The minimum Gasteiger partial charge on any atom is -0.391 e. The van der Waals surface area contributed by atoms with Crippen LogP contribution in [0.1, 0.15) is 42.3 Å². The summed E-state index contributed by atoms with van der Waals surface area (Å²) >= 11 is 0. The van der Waals surface area contributed by atoms with Gasteiger partial charge in [0.25, 0.3) is 5.91 Å². The second-order valence-corrected chi connectivity index (χ2v) is 5.23. The van der Waals surface area contributed by atoms with Gasteiger partial charge in [0.2, 0.25) is 0 Å². The van der Waals surface area contributed by atoms with Gasteiger partial charge in [-0.2, -0.15) is 0 Å². The standard InChI is InChI=1S/C14H21NO2/c1-9-6-10(2)8-12(7-9)13(17)15-14(4,5)11(3)16/h6-8,11,16H,1-5H3,(H,15,17). The molecule has 3 nitrogen and oxygen atoms in total. The molecule has 3 heteroatoms. The molecular formula is C14H21NO2. The first kappa shape index (κ1) is 13.7. The third kappa shape index (κ3) is 3.56. The molecule has 1 atom stereocenters. The molecule has 1 rings (SSSR count). The number of benzene rings is 1. The fourth-order valence-corrected chi connectivity index (χ4v) is 1.57. The summed E-state index contributed by atoms with van der Waals surface area (Å²) in [5.74, 6) is -0.150. The van der Waals surface area contributed by atoms with Gasteiger partial charge in [0.1, 0.15) is 0 Å². The summed E-state index contributed by atoms with van der Waals surface area (Å²) in [7, 11) is 0. The minimum absolute atomic E-state index is 0.150. The highest BCUT2D eigenvalue weighted by atomic mass is 16.3. The highest BCUT2D eigenvalue weighted by molar-refractivity contribution is 5.95. The summed E-state index contributed by atoms with van der Waals surface area (Å²) in [5.41, 5.74) is 2.13. The molecule has 17 heavy (non-hydrogen) atoms. The normalized spacial score (nSPS) is 13.3. The van der Waals surface area contributed by atoms with E-state index in [4.69, 9.17) is 0 Å². The molecule has 0 aliphatic carbocycles. The molecule has 0 aromatic heterocycles. The Hall–Kier alpha value is -1.35. The predicted molar refractivity (Wildman–Crippen MR) is 69.1 cm³/mol. The van der Waals surface area contributed by atoms with Gasteiger partial charge >= 0.3 is 0 Å². The van der Waals surface area contributed by atoms with Crippen molar-refractivity contribution in [3.05, 3.63) is 34.9 Å². The van der Waals surface area contributed by atoms with E-state index in [0.29, 0.717) is 5.56 Å². The van der Waals surface area contributed by atoms with Gasteiger partial charge in [-0.25, -0.2) is 0 Å². The van der Waals surface area contributed by atoms with E-state index in [0.717, 1.165) is 11.1 Å². The zero-order valence-corrected chi connectivity index (χ0v) is 11.2. The molecule has 0 heterocycles. The van der Waals surface area contributed by atoms with E-state index >= 15 is 0 Å². The Morgan fingerprint density at radius 1 is 1.24 bits per heavy atom. The maximum absolute atomic E-state index is 12.0. The first-order chi connectivity index (χ1) is 7.72. The summed E-state index contributed by atoms with van der Waals surface area (Å²) in [6.07, 6.45) is -0.600. The van der Waals surface area contributed by atoms with Crippen molar-refractivity contribution in [2.24, 2.45) is 0 Å². The summed E-state index contributed by atoms with van der Waals surface area (Å²) in [5, 5.41) is 12.4. The Kier molecular flexibility index (Phi) is 3.94. The van der Waals surface area contributed by atoms with Crippen molar-refractivity contribution in [3.8, 4) is 0 Å². The maximum Gasteiger partial charge on any atom is 0.251 e. The van der Waals surface area contributed by atoms with Crippen LogP contribution < -0.4 is 5.32 Å². The lowest BCUT2D eigenvalue weighted by molar-refractivity contribution is 0.0709. The van der Waals surface area contributed by atoms with Crippen molar-refractivity contribution in [1.82, 2.24) is 5.32 Å². The number of carbonyl (C=O) groups is 1. The van der Waals surface area contributed by atoms with E-state index in [-0.39, 0.29) is 5.91 Å². The molecule has 0 aliphatic rings. The predicted octanol–water partition coefficient (Wildman–Crippen LogP) is 2.19. The molecule has 0 radical (unpaired) electrons. The van der Waals surface area contributed by atoms with Gasteiger partial charge in [0, 0.05) is 5.56 Å². The molecule has 94 valence electrons. The average molecular weight is 235 g/mol. The Morgan fingerprint density at radius 3 is 2.12 bits per heavy atom. The van der Waals surface area contributed by atoms with Gasteiger partial charge in [-0.15, -0.1) is 0 Å². The minimum atomic E-state index is -0.630. The van der Waals surface area contributed by atoms with Crippen LogP contribution in [0.4, 0.5) is 0 Å². The molecule has 0 fully saturated rings. The number of aryl methyl sites for hydroxylation is 2. The summed E-state index contributed by atoms with van der Waals surface area (Å²) in [6.45, 7) is 9.20. The largest absolute Gasteiger partial charge is 0.391 e. The molecule has 1 amide bonds. The Morgan fingerprint density at radius 2 is 1.71 bits per heavy atom. The highest BCUT2D eigenvalue weighted by Gasteiger charge is 2.26. The number of amides is 1. The Labute approximate surface area is 103 Å². The lowest BCUT2D eigenvalue weighted by atomic mass is 9.97. The number of hydrogen-bond donors (Lipinski definition) is 2. The molecule has 1 aromatic carbocycles. The number of aliphatic hydroxyl groups excluding tert-OH is 1. The lowest BCUT2D eigenvalue weighted by Crippen LogP contribution is -2.51. The van der Waals surface area contributed by atoms with Gasteiger partial charge < -0.3 is 10.4 Å². The smallest absolute Gasteiger partial charge is 0.251 e. The van der Waals surface area contributed by atoms with Crippen molar-refractivity contribution in [1.29, 1.82) is 0 Å². The van der Waals surface area contributed by atoms with Crippen LogP contribution in [0.2, 0.25) is 0 Å². The quantitative estimate of drug-likeness (QED) is 0.843. The molecule has 1 unspecified atom stereocenters. The average Bonchev–Trinajstić information content (AvgIpc) is 2.15. The number of rotatable bonds is 3. The van der Waals surface area contributed by atoms with Crippen molar-refractivity contribution in [2.75, 3.05) is 0 Å². The topological polar surface area (TPSA) is 49.3 Å². The van der Waals surface area contributed by atoms with Gasteiger partial charge in [0.05, 0.1) is 11.6 Å². The van der Waals surface area contributed by atoms with Gasteiger partial charge in [-0.05, 0) is 46.8 Å². The van der Waals surface area contributed by atoms with Crippen molar-refractivity contribution in [3.63, 3.8) is 0 Å².